The van der Waals surface area contributed by atoms with Gasteiger partial charge in [0.1, 0.15) is 21.7 Å². The summed E-state index contributed by atoms with van der Waals surface area (Å²) in [7, 11) is -0.452. The van der Waals surface area contributed by atoms with E-state index in [0.29, 0.717) is 0 Å². The van der Waals surface area contributed by atoms with Gasteiger partial charge in [0.25, 0.3) is 0 Å². The molecule has 30 heavy (non-hydrogen) atoms. The van der Waals surface area contributed by atoms with E-state index in [1.54, 1.807) is 7.11 Å². The topological polar surface area (TPSA) is 9.23 Å². The van der Waals surface area contributed by atoms with Crippen LogP contribution in [0.1, 0.15) is 5.56 Å². The maximum absolute atomic E-state index is 5.28. The van der Waals surface area contributed by atoms with Crippen molar-refractivity contribution >= 4 is 23.2 Å². The van der Waals surface area contributed by atoms with Crippen LogP contribution in [0.4, 0.5) is 0 Å². The fourth-order valence-corrected chi connectivity index (χ4v) is 6.85. The van der Waals surface area contributed by atoms with Gasteiger partial charge in [0, 0.05) is 5.56 Å². The molecule has 0 heterocycles. The molecule has 4 aromatic rings. The number of hydrogen-bond donors (Lipinski definition) is 0. The largest absolute Gasteiger partial charge is 1.00 e. The number of benzene rings is 4. The zero-order valence-corrected chi connectivity index (χ0v) is 18.4. The van der Waals surface area contributed by atoms with Gasteiger partial charge in [0.2, 0.25) is 0 Å². The first-order chi connectivity index (χ1) is 14.3. The van der Waals surface area contributed by atoms with E-state index in [-0.39, 0.29) is 12.4 Å². The van der Waals surface area contributed by atoms with Crippen molar-refractivity contribution in [3.63, 3.8) is 0 Å². The maximum atomic E-state index is 5.28. The lowest BCUT2D eigenvalue weighted by Gasteiger charge is -2.21. The van der Waals surface area contributed by atoms with E-state index in [1.165, 1.54) is 15.9 Å². The lowest BCUT2D eigenvalue weighted by atomic mass is 10.2. The van der Waals surface area contributed by atoms with E-state index < -0.39 is 7.26 Å². The molecule has 0 aliphatic carbocycles. The Labute approximate surface area is 185 Å². The first-order valence-corrected chi connectivity index (χ1v) is 11.3. The molecule has 4 aromatic carbocycles. The molecule has 4 rings (SSSR count). The van der Waals surface area contributed by atoms with Gasteiger partial charge in [-0.05, 0) is 66.6 Å². The smallest absolute Gasteiger partial charge is 0.189 e. The Morgan fingerprint density at radius 1 is 0.567 bits per heavy atom. The molecule has 3 heteroatoms. The van der Waals surface area contributed by atoms with Crippen LogP contribution in [0.5, 0.6) is 5.75 Å². The average molecular weight is 429 g/mol. The molecule has 0 saturated heterocycles. The summed E-state index contributed by atoms with van der Waals surface area (Å²) in [6.45, 7) is 0. The van der Waals surface area contributed by atoms with Crippen molar-refractivity contribution in [1.29, 1.82) is 0 Å². The predicted molar refractivity (Wildman–Crippen MR) is 125 cm³/mol. The Morgan fingerprint density at radius 2 is 0.967 bits per heavy atom. The molecular formula is C27H22ClOP. The Morgan fingerprint density at radius 3 is 1.33 bits per heavy atom. The van der Waals surface area contributed by atoms with Crippen LogP contribution in [0.25, 0.3) is 0 Å². The highest BCUT2D eigenvalue weighted by molar-refractivity contribution is 7.99. The summed E-state index contributed by atoms with van der Waals surface area (Å²) < 4.78 is 5.28. The molecule has 148 valence electrons. The van der Waals surface area contributed by atoms with Crippen molar-refractivity contribution in [2.75, 3.05) is 7.11 Å². The number of methoxy groups -OCH3 is 1. The Balaban J connectivity index is 0.00000256. The van der Waals surface area contributed by atoms with Crippen molar-refractivity contribution in [3.8, 4) is 17.3 Å². The van der Waals surface area contributed by atoms with E-state index in [1.807, 2.05) is 24.3 Å². The van der Waals surface area contributed by atoms with Crippen LogP contribution in [0.3, 0.4) is 0 Å². The van der Waals surface area contributed by atoms with E-state index in [2.05, 4.69) is 103 Å². The third-order valence-electron chi connectivity index (χ3n) is 4.89. The zero-order valence-electron chi connectivity index (χ0n) is 16.7. The fraction of sp³-hybridized carbons (Fsp3) is 0.0370. The van der Waals surface area contributed by atoms with Gasteiger partial charge in [0.05, 0.1) is 12.8 Å². The monoisotopic (exact) mass is 428 g/mol. The van der Waals surface area contributed by atoms with Gasteiger partial charge in [-0.25, -0.2) is 0 Å². The van der Waals surface area contributed by atoms with Crippen LogP contribution < -0.4 is 33.1 Å². The van der Waals surface area contributed by atoms with Gasteiger partial charge in [-0.15, -0.1) is 0 Å². The quantitative estimate of drug-likeness (QED) is 0.357. The van der Waals surface area contributed by atoms with E-state index in [9.17, 15) is 0 Å². The molecule has 0 atom stereocenters. The third kappa shape index (κ3) is 4.42. The van der Waals surface area contributed by atoms with E-state index >= 15 is 0 Å². The molecule has 0 N–H and O–H groups in total. The van der Waals surface area contributed by atoms with Gasteiger partial charge in [0.15, 0.2) is 7.26 Å². The molecule has 0 spiro atoms. The second-order valence-corrected chi connectivity index (χ2v) is 9.76. The first kappa shape index (κ1) is 21.7. The predicted octanol–water partition coefficient (Wildman–Crippen LogP) is 2.00. The van der Waals surface area contributed by atoms with Gasteiger partial charge < -0.3 is 17.1 Å². The summed E-state index contributed by atoms with van der Waals surface area (Å²) >= 11 is 0. The Hall–Kier alpha value is -3.04. The molecule has 0 aromatic heterocycles. The van der Waals surface area contributed by atoms with Crippen molar-refractivity contribution in [3.05, 3.63) is 121 Å². The molecule has 0 radical (unpaired) electrons. The Kier molecular flexibility index (Phi) is 7.31. The molecule has 0 aliphatic rings. The van der Waals surface area contributed by atoms with Gasteiger partial charge in [-0.1, -0.05) is 54.6 Å². The normalized spacial score (nSPS) is 10.3. The zero-order chi connectivity index (χ0) is 19.9. The molecule has 0 bridgehead atoms. The summed E-state index contributed by atoms with van der Waals surface area (Å²) in [6, 6.07) is 40.0. The minimum Gasteiger partial charge on any atom is -1.00 e. The number of halogens is 1. The SMILES string of the molecule is COc1ccc(C#C[P+](c2ccccc2)(c2ccccc2)c2ccccc2)cc1.[Cl-]. The van der Waals surface area contributed by atoms with Crippen molar-refractivity contribution < 1.29 is 17.1 Å². The maximum Gasteiger partial charge on any atom is 0.189 e. The summed E-state index contributed by atoms with van der Waals surface area (Å²) in [5.41, 5.74) is 4.74. The summed E-state index contributed by atoms with van der Waals surface area (Å²) in [4.78, 5) is 0. The van der Waals surface area contributed by atoms with Crippen molar-refractivity contribution in [2.24, 2.45) is 0 Å². The molecule has 0 unspecified atom stereocenters. The third-order valence-corrected chi connectivity index (χ3v) is 8.55. The first-order valence-electron chi connectivity index (χ1n) is 9.56. The highest BCUT2D eigenvalue weighted by Gasteiger charge is 2.44. The fourth-order valence-electron chi connectivity index (χ4n) is 3.42. The molecular weight excluding hydrogens is 407 g/mol. The van der Waals surface area contributed by atoms with Gasteiger partial charge in [-0.2, -0.15) is 0 Å². The standard InChI is InChI=1S/C27H22OP.ClH/c1-28-24-19-17-23(18-20-24)21-22-29(25-11-5-2-6-12-25,26-13-7-3-8-14-26)27-15-9-4-10-16-27;/h2-20H,1H3;1H/q+1;/p-1. The molecule has 1 nitrogen and oxygen atoms in total. The van der Waals surface area contributed by atoms with Gasteiger partial charge >= 0.3 is 0 Å². The van der Waals surface area contributed by atoms with Crippen LogP contribution in [0, 0.1) is 11.6 Å². The Bertz CT molecular complexity index is 1020. The van der Waals surface area contributed by atoms with Crippen LogP contribution in [0.15, 0.2) is 115 Å². The van der Waals surface area contributed by atoms with E-state index in [0.717, 1.165) is 11.3 Å². The van der Waals surface area contributed by atoms with Crippen LogP contribution >= 0.6 is 7.26 Å². The second-order valence-electron chi connectivity index (χ2n) is 6.64. The van der Waals surface area contributed by atoms with E-state index in [4.69, 9.17) is 4.74 Å². The molecule has 0 aliphatic heterocycles. The summed E-state index contributed by atoms with van der Waals surface area (Å²) in [6.07, 6.45) is 0. The minimum absolute atomic E-state index is 0. The summed E-state index contributed by atoms with van der Waals surface area (Å²) in [5, 5.41) is 3.79. The lowest BCUT2D eigenvalue weighted by Crippen LogP contribution is -3.00. The van der Waals surface area contributed by atoms with Crippen molar-refractivity contribution in [2.45, 2.75) is 0 Å². The number of ether oxygens (including phenoxy) is 1. The van der Waals surface area contributed by atoms with Gasteiger partial charge in [-0.3, -0.25) is 0 Å². The number of rotatable bonds is 4. The minimum atomic E-state index is -2.13. The second kappa shape index (κ2) is 10.1. The number of hydrogen-bond acceptors (Lipinski definition) is 1. The summed E-state index contributed by atoms with van der Waals surface area (Å²) in [5.74, 6) is 4.31. The highest BCUT2D eigenvalue weighted by atomic mass is 35.5. The van der Waals surface area contributed by atoms with Crippen LogP contribution in [-0.2, 0) is 0 Å². The molecule has 0 saturated carbocycles. The highest BCUT2D eigenvalue weighted by Crippen LogP contribution is 2.54. The molecule has 0 amide bonds. The average Bonchev–Trinajstić information content (AvgIpc) is 2.82. The van der Waals surface area contributed by atoms with Crippen LogP contribution in [-0.4, -0.2) is 7.11 Å². The van der Waals surface area contributed by atoms with Crippen molar-refractivity contribution in [1.82, 2.24) is 0 Å². The lowest BCUT2D eigenvalue weighted by molar-refractivity contribution is -0.00000586. The van der Waals surface area contributed by atoms with Crippen LogP contribution in [0.2, 0.25) is 0 Å². The molecule has 0 fully saturated rings.